The van der Waals surface area contributed by atoms with Crippen LogP contribution in [0.3, 0.4) is 0 Å². The number of benzene rings is 1. The number of hydrogen-bond donors (Lipinski definition) is 1. The quantitative estimate of drug-likeness (QED) is 0.631. The molecule has 0 radical (unpaired) electrons. The highest BCUT2D eigenvalue weighted by Gasteiger charge is 2.22. The van der Waals surface area contributed by atoms with Gasteiger partial charge in [0.2, 0.25) is 5.91 Å². The van der Waals surface area contributed by atoms with Gasteiger partial charge in [0.25, 0.3) is 0 Å². The van der Waals surface area contributed by atoms with Crippen molar-refractivity contribution in [1.29, 1.82) is 0 Å². The second kappa shape index (κ2) is 7.91. The molecule has 0 unspecified atom stereocenters. The molecule has 1 fully saturated rings. The fourth-order valence-electron chi connectivity index (χ4n) is 4.14. The zero-order chi connectivity index (χ0) is 21.5. The Hall–Kier alpha value is -2.60. The van der Waals surface area contributed by atoms with Gasteiger partial charge >= 0.3 is 5.63 Å². The third-order valence-electron chi connectivity index (χ3n) is 5.94. The van der Waals surface area contributed by atoms with E-state index in [2.05, 4.69) is 26.1 Å². The van der Waals surface area contributed by atoms with Gasteiger partial charge in [0.05, 0.1) is 12.4 Å². The molecule has 1 aliphatic heterocycles. The summed E-state index contributed by atoms with van der Waals surface area (Å²) in [5.74, 6) is -0.0790. The first-order valence-electron chi connectivity index (χ1n) is 10.6. The number of ether oxygens (including phenoxy) is 1. The van der Waals surface area contributed by atoms with Crippen LogP contribution in [0.5, 0.6) is 0 Å². The van der Waals surface area contributed by atoms with Gasteiger partial charge in [-0.05, 0) is 43.2 Å². The van der Waals surface area contributed by atoms with Crippen molar-refractivity contribution in [3.63, 3.8) is 0 Å². The molecule has 0 bridgehead atoms. The van der Waals surface area contributed by atoms with Crippen molar-refractivity contribution in [2.75, 3.05) is 13.2 Å². The van der Waals surface area contributed by atoms with Crippen LogP contribution in [-0.2, 0) is 21.4 Å². The molecule has 0 aliphatic carbocycles. The van der Waals surface area contributed by atoms with Crippen LogP contribution in [0.1, 0.15) is 56.7 Å². The van der Waals surface area contributed by atoms with Gasteiger partial charge in [0.1, 0.15) is 11.2 Å². The summed E-state index contributed by atoms with van der Waals surface area (Å²) in [5.41, 5.74) is 3.27. The normalized spacial score (nSPS) is 17.1. The molecule has 1 aliphatic rings. The average molecular weight is 411 g/mol. The number of carbonyl (C=O) groups excluding carboxylic acids is 1. The predicted molar refractivity (Wildman–Crippen MR) is 116 cm³/mol. The summed E-state index contributed by atoms with van der Waals surface area (Å²) in [7, 11) is 0. The third-order valence-corrected chi connectivity index (χ3v) is 5.94. The van der Waals surface area contributed by atoms with E-state index in [0.29, 0.717) is 29.7 Å². The van der Waals surface area contributed by atoms with E-state index in [1.165, 1.54) is 0 Å². The van der Waals surface area contributed by atoms with Crippen molar-refractivity contribution in [3.05, 3.63) is 45.5 Å². The summed E-state index contributed by atoms with van der Waals surface area (Å²) >= 11 is 0. The number of hydrogen-bond acceptors (Lipinski definition) is 5. The molecule has 1 N–H and O–H groups in total. The second-order valence-corrected chi connectivity index (χ2v) is 9.18. The summed E-state index contributed by atoms with van der Waals surface area (Å²) in [5, 5.41) is 4.81. The van der Waals surface area contributed by atoms with Crippen molar-refractivity contribution in [3.8, 4) is 0 Å². The Labute approximate surface area is 175 Å². The van der Waals surface area contributed by atoms with Crippen molar-refractivity contribution in [2.24, 2.45) is 0 Å². The monoisotopic (exact) mass is 411 g/mol. The third kappa shape index (κ3) is 4.01. The maximum atomic E-state index is 12.6. The number of furan rings is 1. The Bertz CT molecular complexity index is 1140. The fraction of sp³-hybridized carbons (Fsp3) is 0.500. The summed E-state index contributed by atoms with van der Waals surface area (Å²) in [4.78, 5) is 24.8. The number of nitrogens with one attached hydrogen (secondary N) is 1. The highest BCUT2D eigenvalue weighted by Crippen LogP contribution is 2.35. The van der Waals surface area contributed by atoms with Crippen LogP contribution >= 0.6 is 0 Å². The number of aryl methyl sites for hydroxylation is 1. The molecular weight excluding hydrogens is 382 g/mol. The lowest BCUT2D eigenvalue weighted by Gasteiger charge is -2.16. The molecule has 30 heavy (non-hydrogen) atoms. The molecular formula is C24H29NO5. The van der Waals surface area contributed by atoms with Gasteiger partial charge in [-0.15, -0.1) is 0 Å². The van der Waals surface area contributed by atoms with Crippen LogP contribution in [0, 0.1) is 6.92 Å². The maximum Gasteiger partial charge on any atom is 0.339 e. The molecule has 1 saturated heterocycles. The van der Waals surface area contributed by atoms with Crippen LogP contribution in [0.15, 0.2) is 32.0 Å². The number of carbonyl (C=O) groups is 1. The van der Waals surface area contributed by atoms with Crippen LogP contribution in [0.2, 0.25) is 0 Å². The molecule has 160 valence electrons. The van der Waals surface area contributed by atoms with E-state index >= 15 is 0 Å². The Kier molecular flexibility index (Phi) is 5.45. The fourth-order valence-corrected chi connectivity index (χ4v) is 4.14. The summed E-state index contributed by atoms with van der Waals surface area (Å²) in [6, 6.07) is 3.82. The van der Waals surface area contributed by atoms with Gasteiger partial charge in [-0.1, -0.05) is 20.8 Å². The average Bonchev–Trinajstić information content (AvgIpc) is 3.34. The van der Waals surface area contributed by atoms with Crippen molar-refractivity contribution in [2.45, 2.75) is 64.9 Å². The largest absolute Gasteiger partial charge is 0.464 e. The Morgan fingerprint density at radius 3 is 2.70 bits per heavy atom. The van der Waals surface area contributed by atoms with Crippen molar-refractivity contribution < 1.29 is 18.4 Å². The van der Waals surface area contributed by atoms with E-state index in [9.17, 15) is 9.59 Å². The summed E-state index contributed by atoms with van der Waals surface area (Å²) < 4.78 is 16.8. The number of fused-ring (bicyclic) bond motifs is 2. The Morgan fingerprint density at radius 1 is 1.20 bits per heavy atom. The zero-order valence-corrected chi connectivity index (χ0v) is 18.1. The molecule has 6 nitrogen and oxygen atoms in total. The van der Waals surface area contributed by atoms with E-state index in [4.69, 9.17) is 13.6 Å². The lowest BCUT2D eigenvalue weighted by atomic mass is 9.86. The van der Waals surface area contributed by atoms with E-state index in [0.717, 1.165) is 41.3 Å². The first-order valence-corrected chi connectivity index (χ1v) is 10.6. The lowest BCUT2D eigenvalue weighted by molar-refractivity contribution is -0.121. The maximum absolute atomic E-state index is 12.6. The van der Waals surface area contributed by atoms with Gasteiger partial charge in [-0.2, -0.15) is 0 Å². The minimum Gasteiger partial charge on any atom is -0.464 e. The van der Waals surface area contributed by atoms with Crippen LogP contribution < -0.4 is 10.9 Å². The van der Waals surface area contributed by atoms with Crippen molar-refractivity contribution >= 4 is 27.8 Å². The Morgan fingerprint density at radius 2 is 2.00 bits per heavy atom. The first kappa shape index (κ1) is 20.7. The van der Waals surface area contributed by atoms with Gasteiger partial charge < -0.3 is 18.9 Å². The van der Waals surface area contributed by atoms with Gasteiger partial charge in [0.15, 0.2) is 0 Å². The summed E-state index contributed by atoms with van der Waals surface area (Å²) in [6.45, 7) is 9.62. The Balaban J connectivity index is 1.59. The minimum absolute atomic E-state index is 0.0631. The molecule has 2 aromatic heterocycles. The highest BCUT2D eigenvalue weighted by atomic mass is 16.5. The number of rotatable bonds is 5. The molecule has 1 atom stereocenters. The molecule has 4 rings (SSSR count). The highest BCUT2D eigenvalue weighted by molar-refractivity contribution is 5.96. The smallest absolute Gasteiger partial charge is 0.339 e. The summed E-state index contributed by atoms with van der Waals surface area (Å²) in [6.07, 6.45) is 4.49. The van der Waals surface area contributed by atoms with Gasteiger partial charge in [-0.25, -0.2) is 4.79 Å². The predicted octanol–water partition coefficient (Wildman–Crippen LogP) is 4.37. The first-order chi connectivity index (χ1) is 14.2. The van der Waals surface area contributed by atoms with Crippen LogP contribution in [0.25, 0.3) is 21.9 Å². The molecule has 1 aromatic carbocycles. The van der Waals surface area contributed by atoms with Crippen molar-refractivity contribution in [1.82, 2.24) is 5.32 Å². The molecule has 3 heterocycles. The van der Waals surface area contributed by atoms with E-state index in [1.807, 2.05) is 13.0 Å². The van der Waals surface area contributed by atoms with Crippen LogP contribution in [-0.4, -0.2) is 25.2 Å². The number of amides is 1. The van der Waals surface area contributed by atoms with E-state index in [-0.39, 0.29) is 23.8 Å². The second-order valence-electron chi connectivity index (χ2n) is 9.18. The minimum atomic E-state index is -0.395. The van der Waals surface area contributed by atoms with Crippen LogP contribution in [0.4, 0.5) is 0 Å². The standard InChI is InChI=1S/C24H29NO5/c1-14-16(7-8-22(26)25-12-15-6-5-9-28-15)23(27)30-21-11-20-18(10-17(14)21)19(13-29-20)24(2,3)4/h10-11,13,15H,5-9,12H2,1-4H3,(H,25,26)/t15-/m1/s1. The molecule has 1 amide bonds. The van der Waals surface area contributed by atoms with E-state index in [1.54, 1.807) is 12.3 Å². The van der Waals surface area contributed by atoms with Gasteiger partial charge in [-0.3, -0.25) is 4.79 Å². The van der Waals surface area contributed by atoms with Gasteiger partial charge in [0, 0.05) is 47.5 Å². The zero-order valence-electron chi connectivity index (χ0n) is 18.1. The lowest BCUT2D eigenvalue weighted by Crippen LogP contribution is -2.32. The topological polar surface area (TPSA) is 81.7 Å². The molecule has 3 aromatic rings. The molecule has 0 saturated carbocycles. The molecule has 0 spiro atoms. The van der Waals surface area contributed by atoms with E-state index < -0.39 is 5.63 Å². The SMILES string of the molecule is Cc1c(CCC(=O)NC[C@H]2CCCO2)c(=O)oc2cc3occ(C(C)(C)C)c3cc12. The molecule has 6 heteroatoms.